The van der Waals surface area contributed by atoms with Gasteiger partial charge in [-0.15, -0.1) is 0 Å². The molecule has 2 rings (SSSR count). The summed E-state index contributed by atoms with van der Waals surface area (Å²) in [6.45, 7) is 2.02. The van der Waals surface area contributed by atoms with Crippen LogP contribution < -0.4 is 10.5 Å². The minimum absolute atomic E-state index is 0.134. The smallest absolute Gasteiger partial charge is 0.263 e. The monoisotopic (exact) mass is 301 g/mol. The predicted molar refractivity (Wildman–Crippen MR) is 82.2 cm³/mol. The van der Waals surface area contributed by atoms with Crippen molar-refractivity contribution in [1.29, 1.82) is 0 Å². The first-order chi connectivity index (χ1) is 10.0. The molecule has 1 heterocycles. The van der Waals surface area contributed by atoms with E-state index >= 15 is 0 Å². The average Bonchev–Trinajstić information content (AvgIpc) is 2.45. The molecule has 5 nitrogen and oxygen atoms in total. The van der Waals surface area contributed by atoms with Gasteiger partial charge < -0.3 is 5.73 Å². The SMILES string of the molecule is Cc1cccc(NS(=O)(=O)c2cccc(C#CCN)c2)n1. The molecule has 0 bridgehead atoms. The fraction of sp³-hybridized carbons (Fsp3) is 0.133. The van der Waals surface area contributed by atoms with Gasteiger partial charge in [0.2, 0.25) is 0 Å². The van der Waals surface area contributed by atoms with Crippen LogP contribution in [0.5, 0.6) is 0 Å². The molecule has 0 aliphatic heterocycles. The van der Waals surface area contributed by atoms with Crippen LogP contribution in [-0.4, -0.2) is 19.9 Å². The van der Waals surface area contributed by atoms with E-state index in [4.69, 9.17) is 5.73 Å². The zero-order valence-corrected chi connectivity index (χ0v) is 12.3. The highest BCUT2D eigenvalue weighted by atomic mass is 32.2. The molecule has 2 aromatic rings. The van der Waals surface area contributed by atoms with Gasteiger partial charge in [0.25, 0.3) is 10.0 Å². The standard InChI is InChI=1S/C15H15N3O2S/c1-12-5-2-9-15(17-12)18-21(19,20)14-8-3-6-13(11-14)7-4-10-16/h2-3,5-6,8-9,11H,10,16H2,1H3,(H,17,18). The van der Waals surface area contributed by atoms with Crippen molar-refractivity contribution < 1.29 is 8.42 Å². The largest absolute Gasteiger partial charge is 0.320 e. The molecule has 0 radical (unpaired) electrons. The van der Waals surface area contributed by atoms with Crippen LogP contribution in [0.1, 0.15) is 11.3 Å². The number of nitrogens with two attached hydrogens (primary N) is 1. The first-order valence-corrected chi connectivity index (χ1v) is 7.75. The van der Waals surface area contributed by atoms with E-state index < -0.39 is 10.0 Å². The van der Waals surface area contributed by atoms with E-state index in [1.54, 1.807) is 37.3 Å². The Morgan fingerprint density at radius 3 is 2.71 bits per heavy atom. The van der Waals surface area contributed by atoms with E-state index in [9.17, 15) is 8.42 Å². The van der Waals surface area contributed by atoms with Gasteiger partial charge in [0.15, 0.2) is 0 Å². The molecular weight excluding hydrogens is 286 g/mol. The fourth-order valence-electron chi connectivity index (χ4n) is 1.69. The summed E-state index contributed by atoms with van der Waals surface area (Å²) < 4.78 is 27.1. The maximum Gasteiger partial charge on any atom is 0.263 e. The fourth-order valence-corrected chi connectivity index (χ4v) is 2.74. The van der Waals surface area contributed by atoms with Gasteiger partial charge in [-0.1, -0.05) is 24.0 Å². The van der Waals surface area contributed by atoms with Crippen molar-refractivity contribution in [3.05, 3.63) is 53.7 Å². The van der Waals surface area contributed by atoms with Crippen LogP contribution in [0.25, 0.3) is 0 Å². The lowest BCUT2D eigenvalue weighted by molar-refractivity contribution is 0.601. The number of aryl methyl sites for hydroxylation is 1. The molecule has 0 atom stereocenters. The van der Waals surface area contributed by atoms with E-state index in [2.05, 4.69) is 21.5 Å². The van der Waals surface area contributed by atoms with Crippen LogP contribution in [0, 0.1) is 18.8 Å². The van der Waals surface area contributed by atoms with Crippen LogP contribution in [0.3, 0.4) is 0 Å². The summed E-state index contributed by atoms with van der Waals surface area (Å²) in [6.07, 6.45) is 0. The van der Waals surface area contributed by atoms with Gasteiger partial charge in [0.05, 0.1) is 11.4 Å². The Bertz CT molecular complexity index is 805. The molecule has 0 aliphatic rings. The van der Waals surface area contributed by atoms with Gasteiger partial charge in [-0.3, -0.25) is 4.72 Å². The van der Waals surface area contributed by atoms with Gasteiger partial charge in [0, 0.05) is 11.3 Å². The maximum atomic E-state index is 12.3. The van der Waals surface area contributed by atoms with Crippen LogP contribution in [0.2, 0.25) is 0 Å². The number of aromatic nitrogens is 1. The first-order valence-electron chi connectivity index (χ1n) is 6.27. The molecule has 108 valence electrons. The van der Waals surface area contributed by atoms with Gasteiger partial charge in [0.1, 0.15) is 5.82 Å². The number of anilines is 1. The highest BCUT2D eigenvalue weighted by Gasteiger charge is 2.15. The first kappa shape index (κ1) is 15.0. The summed E-state index contributed by atoms with van der Waals surface area (Å²) in [6, 6.07) is 11.5. The lowest BCUT2D eigenvalue weighted by atomic mass is 10.2. The summed E-state index contributed by atoms with van der Waals surface area (Å²) in [5.74, 6) is 5.78. The lowest BCUT2D eigenvalue weighted by Crippen LogP contribution is -2.14. The summed E-state index contributed by atoms with van der Waals surface area (Å²) in [4.78, 5) is 4.26. The third-order valence-corrected chi connectivity index (χ3v) is 3.96. The van der Waals surface area contributed by atoms with Gasteiger partial charge in [-0.25, -0.2) is 13.4 Å². The average molecular weight is 301 g/mol. The second-order valence-electron chi connectivity index (χ2n) is 4.30. The van der Waals surface area contributed by atoms with Crippen molar-refractivity contribution in [3.8, 4) is 11.8 Å². The van der Waals surface area contributed by atoms with Crippen molar-refractivity contribution in [1.82, 2.24) is 4.98 Å². The predicted octanol–water partition coefficient (Wildman–Crippen LogP) is 1.50. The number of sulfonamides is 1. The Morgan fingerprint density at radius 2 is 2.00 bits per heavy atom. The highest BCUT2D eigenvalue weighted by Crippen LogP contribution is 2.15. The van der Waals surface area contributed by atoms with Crippen LogP contribution in [0.15, 0.2) is 47.4 Å². The molecule has 1 aromatic heterocycles. The molecule has 0 unspecified atom stereocenters. The molecule has 0 aliphatic carbocycles. The second-order valence-corrected chi connectivity index (χ2v) is 5.99. The van der Waals surface area contributed by atoms with Crippen molar-refractivity contribution in [2.24, 2.45) is 5.73 Å². The van der Waals surface area contributed by atoms with Crippen molar-refractivity contribution in [2.45, 2.75) is 11.8 Å². The maximum absolute atomic E-state index is 12.3. The van der Waals surface area contributed by atoms with E-state index in [1.165, 1.54) is 12.1 Å². The number of hydrogen-bond donors (Lipinski definition) is 2. The zero-order valence-electron chi connectivity index (χ0n) is 11.5. The highest BCUT2D eigenvalue weighted by molar-refractivity contribution is 7.92. The summed E-state index contributed by atoms with van der Waals surface area (Å²) in [5.41, 5.74) is 6.64. The van der Waals surface area contributed by atoms with Gasteiger partial charge in [-0.2, -0.15) is 0 Å². The number of rotatable bonds is 3. The Labute approximate surface area is 124 Å². The summed E-state index contributed by atoms with van der Waals surface area (Å²) in [5, 5.41) is 0. The van der Waals surface area contributed by atoms with Crippen LogP contribution in [-0.2, 0) is 10.0 Å². The molecule has 0 amide bonds. The Balaban J connectivity index is 2.31. The van der Waals surface area contributed by atoms with E-state index in [-0.39, 0.29) is 17.3 Å². The van der Waals surface area contributed by atoms with Crippen molar-refractivity contribution >= 4 is 15.8 Å². The van der Waals surface area contributed by atoms with Gasteiger partial charge in [-0.05, 0) is 37.3 Å². The number of benzene rings is 1. The molecule has 0 saturated heterocycles. The molecular formula is C15H15N3O2S. The number of nitrogens with one attached hydrogen (secondary N) is 1. The molecule has 21 heavy (non-hydrogen) atoms. The minimum Gasteiger partial charge on any atom is -0.320 e. The third-order valence-electron chi connectivity index (χ3n) is 2.61. The normalized spacial score (nSPS) is 10.6. The third kappa shape index (κ3) is 4.05. The molecule has 6 heteroatoms. The van der Waals surface area contributed by atoms with Crippen molar-refractivity contribution in [3.63, 3.8) is 0 Å². The van der Waals surface area contributed by atoms with Gasteiger partial charge >= 0.3 is 0 Å². The Hall–Kier alpha value is -2.36. The Kier molecular flexibility index (Phi) is 4.58. The van der Waals surface area contributed by atoms with Crippen LogP contribution in [0.4, 0.5) is 5.82 Å². The molecule has 3 N–H and O–H groups in total. The number of hydrogen-bond acceptors (Lipinski definition) is 4. The zero-order chi connectivity index (χ0) is 15.3. The molecule has 0 saturated carbocycles. The topological polar surface area (TPSA) is 85.1 Å². The summed E-state index contributed by atoms with van der Waals surface area (Å²) >= 11 is 0. The lowest BCUT2D eigenvalue weighted by Gasteiger charge is -2.08. The number of nitrogens with zero attached hydrogens (tertiary/aromatic N) is 1. The molecule has 0 fully saturated rings. The Morgan fingerprint density at radius 1 is 1.24 bits per heavy atom. The van der Waals surface area contributed by atoms with E-state index in [0.717, 1.165) is 5.69 Å². The minimum atomic E-state index is -3.69. The van der Waals surface area contributed by atoms with Crippen LogP contribution >= 0.6 is 0 Å². The second kappa shape index (κ2) is 6.39. The molecule has 0 spiro atoms. The summed E-state index contributed by atoms with van der Waals surface area (Å²) in [7, 11) is -3.69. The van der Waals surface area contributed by atoms with E-state index in [0.29, 0.717) is 5.56 Å². The quantitative estimate of drug-likeness (QED) is 0.841. The number of pyridine rings is 1. The molecule has 1 aromatic carbocycles. The van der Waals surface area contributed by atoms with Crippen molar-refractivity contribution in [2.75, 3.05) is 11.3 Å². The van der Waals surface area contributed by atoms with E-state index in [1.807, 2.05) is 0 Å².